The van der Waals surface area contributed by atoms with Crippen LogP contribution in [0.3, 0.4) is 0 Å². The first-order valence-electron chi connectivity index (χ1n) is 14.0. The Morgan fingerprint density at radius 1 is 0.676 bits per heavy atom. The van der Waals surface area contributed by atoms with Gasteiger partial charge in [-0.3, -0.25) is 14.5 Å². The van der Waals surface area contributed by atoms with E-state index < -0.39 is 5.82 Å². The predicted octanol–water partition coefficient (Wildman–Crippen LogP) is 5.67. The lowest BCUT2D eigenvalue weighted by atomic mass is 10.1. The minimum Gasteiger partial charge on any atom is -0.368 e. The van der Waals surface area contributed by atoms with Crippen molar-refractivity contribution in [1.82, 2.24) is 9.80 Å². The van der Waals surface area contributed by atoms with Crippen molar-refractivity contribution < 1.29 is 14.0 Å². The Bertz CT molecular complexity index is 1040. The molecule has 0 unspecified atom stereocenters. The molecule has 0 spiro atoms. The molecule has 2 saturated heterocycles. The summed E-state index contributed by atoms with van der Waals surface area (Å²) in [5.41, 5.74) is 4.09. The Labute approximate surface area is 221 Å². The number of hydrogen-bond acceptors (Lipinski definition) is 5. The Morgan fingerprint density at radius 3 is 1.70 bits per heavy atom. The lowest BCUT2D eigenvalue weighted by molar-refractivity contribution is 0.111. The van der Waals surface area contributed by atoms with Crippen molar-refractivity contribution in [3.05, 3.63) is 64.5 Å². The number of piperidine rings is 1. The van der Waals surface area contributed by atoms with Gasteiger partial charge in [-0.25, -0.2) is 4.39 Å². The number of hydrogen-bond donors (Lipinski definition) is 0. The number of carbonyl (C=O) groups is 2. The molecule has 5 nitrogen and oxygen atoms in total. The van der Waals surface area contributed by atoms with Gasteiger partial charge < -0.3 is 9.80 Å². The smallest absolute Gasteiger partial charge is 0.152 e. The second-order valence-electron chi connectivity index (χ2n) is 10.9. The quantitative estimate of drug-likeness (QED) is 0.488. The maximum absolute atomic E-state index is 12.6. The molecule has 2 aromatic rings. The Hall–Kier alpha value is -2.57. The van der Waals surface area contributed by atoms with Crippen LogP contribution in [0.15, 0.2) is 36.4 Å². The van der Waals surface area contributed by atoms with Gasteiger partial charge >= 0.3 is 0 Å². The van der Waals surface area contributed by atoms with Gasteiger partial charge in [-0.2, -0.15) is 0 Å². The van der Waals surface area contributed by atoms with E-state index in [1.807, 2.05) is 12.1 Å². The molecule has 0 radical (unpaired) electrons. The normalized spacial score (nSPS) is 20.2. The fourth-order valence-electron chi connectivity index (χ4n) is 5.25. The molecule has 0 amide bonds. The van der Waals surface area contributed by atoms with E-state index >= 15 is 0 Å². The van der Waals surface area contributed by atoms with E-state index in [9.17, 15) is 14.0 Å². The lowest BCUT2D eigenvalue weighted by Gasteiger charge is -2.36. The van der Waals surface area contributed by atoms with Crippen molar-refractivity contribution in [2.45, 2.75) is 70.9 Å². The van der Waals surface area contributed by atoms with Crippen LogP contribution in [0.2, 0.25) is 0 Å². The molecule has 4 fully saturated rings. The average molecular weight is 508 g/mol. The molecule has 0 bridgehead atoms. The van der Waals surface area contributed by atoms with E-state index in [0.29, 0.717) is 6.29 Å². The Balaban J connectivity index is 0.000000142. The molecule has 2 saturated carbocycles. The molecule has 2 aromatic carbocycles. The van der Waals surface area contributed by atoms with Crippen LogP contribution in [0.25, 0.3) is 0 Å². The van der Waals surface area contributed by atoms with E-state index in [-0.39, 0.29) is 5.56 Å². The molecule has 6 heteroatoms. The van der Waals surface area contributed by atoms with Crippen molar-refractivity contribution in [2.75, 3.05) is 44.2 Å². The zero-order valence-electron chi connectivity index (χ0n) is 22.5. The van der Waals surface area contributed by atoms with Crippen LogP contribution >= 0.6 is 0 Å². The van der Waals surface area contributed by atoms with E-state index in [4.69, 9.17) is 0 Å². The molecule has 0 atom stereocenters. The molecule has 4 aliphatic rings. The van der Waals surface area contributed by atoms with Crippen molar-refractivity contribution >= 4 is 18.3 Å². The fourth-order valence-corrected chi connectivity index (χ4v) is 5.25. The van der Waals surface area contributed by atoms with Crippen LogP contribution in [0.1, 0.15) is 76.8 Å². The van der Waals surface area contributed by atoms with Gasteiger partial charge in [0.25, 0.3) is 0 Å². The number of halogens is 1. The number of aldehydes is 2. The summed E-state index contributed by atoms with van der Waals surface area (Å²) in [7, 11) is 0. The maximum Gasteiger partial charge on any atom is 0.152 e. The van der Waals surface area contributed by atoms with Crippen LogP contribution in [-0.2, 0) is 0 Å². The minimum absolute atomic E-state index is 0.116. The van der Waals surface area contributed by atoms with E-state index in [1.165, 1.54) is 75.7 Å². The molecule has 0 N–H and O–H groups in total. The van der Waals surface area contributed by atoms with Gasteiger partial charge in [0.15, 0.2) is 12.6 Å². The van der Waals surface area contributed by atoms with Crippen molar-refractivity contribution in [1.29, 1.82) is 0 Å². The van der Waals surface area contributed by atoms with Gasteiger partial charge in [0.1, 0.15) is 5.82 Å². The first-order chi connectivity index (χ1) is 18.0. The molecular formula is C31H42FN3O2. The molecule has 2 heterocycles. The summed E-state index contributed by atoms with van der Waals surface area (Å²) >= 11 is 0. The molecule has 0 aromatic heterocycles. The fraction of sp³-hybridized carbons (Fsp3) is 0.548. The highest BCUT2D eigenvalue weighted by Crippen LogP contribution is 2.30. The van der Waals surface area contributed by atoms with Gasteiger partial charge in [-0.05, 0) is 101 Å². The number of likely N-dealkylation sites (tertiary alicyclic amines) is 1. The Morgan fingerprint density at radius 2 is 1.19 bits per heavy atom. The number of anilines is 1. The zero-order valence-corrected chi connectivity index (χ0v) is 22.5. The maximum atomic E-state index is 12.6. The summed E-state index contributed by atoms with van der Waals surface area (Å²) in [4.78, 5) is 28.8. The second-order valence-corrected chi connectivity index (χ2v) is 10.9. The van der Waals surface area contributed by atoms with Crippen LogP contribution in [0.5, 0.6) is 0 Å². The lowest BCUT2D eigenvalue weighted by Crippen LogP contribution is -2.47. The first kappa shape index (κ1) is 27.5. The largest absolute Gasteiger partial charge is 0.368 e. The summed E-state index contributed by atoms with van der Waals surface area (Å²) in [6.45, 7) is 11.0. The van der Waals surface area contributed by atoms with Crippen LogP contribution in [-0.4, -0.2) is 73.7 Å². The number of aryl methyl sites for hydroxylation is 2. The zero-order chi connectivity index (χ0) is 26.2. The van der Waals surface area contributed by atoms with Crippen molar-refractivity contribution in [3.63, 3.8) is 0 Å². The third-order valence-electron chi connectivity index (χ3n) is 7.77. The van der Waals surface area contributed by atoms with E-state index in [2.05, 4.69) is 27.7 Å². The highest BCUT2D eigenvalue weighted by Gasteiger charge is 2.31. The predicted molar refractivity (Wildman–Crippen MR) is 148 cm³/mol. The average Bonchev–Trinajstić information content (AvgIpc) is 3.84. The summed E-state index contributed by atoms with van der Waals surface area (Å²) in [6, 6.07) is 12.5. The van der Waals surface area contributed by atoms with Crippen LogP contribution < -0.4 is 4.90 Å². The summed E-state index contributed by atoms with van der Waals surface area (Å²) in [6.07, 6.45) is 11.6. The van der Waals surface area contributed by atoms with E-state index in [1.54, 1.807) is 13.0 Å². The molecule has 200 valence electrons. The van der Waals surface area contributed by atoms with E-state index in [0.717, 1.165) is 61.4 Å². The number of benzene rings is 2. The number of carbonyl (C=O) groups excluding carboxylic acids is 2. The topological polar surface area (TPSA) is 43.9 Å². The van der Waals surface area contributed by atoms with Gasteiger partial charge in [0.05, 0.1) is 5.56 Å². The number of piperazine rings is 1. The highest BCUT2D eigenvalue weighted by atomic mass is 19.1. The van der Waals surface area contributed by atoms with Crippen LogP contribution in [0.4, 0.5) is 10.1 Å². The van der Waals surface area contributed by atoms with Gasteiger partial charge in [0.2, 0.25) is 0 Å². The summed E-state index contributed by atoms with van der Waals surface area (Å²) in [5.74, 6) is -0.449. The van der Waals surface area contributed by atoms with Gasteiger partial charge in [-0.15, -0.1) is 0 Å². The standard InChI is InChI=1S/C15H20N2O.C8H7FO.C8H15N/c1-12-2-3-13(11-18)15(10-12)17-8-6-16(7-9-17)14-4-5-14;1-6-2-3-7(5-10)8(9)4-6;1-2-6-9(7-3-1)8-4-5-8/h2-3,10-11,14H,4-9H2,1H3;2-5H,1H3;8H,1-7H2. The minimum atomic E-state index is -0.449. The monoisotopic (exact) mass is 507 g/mol. The molecule has 2 aliphatic carbocycles. The summed E-state index contributed by atoms with van der Waals surface area (Å²) < 4.78 is 12.6. The molecule has 2 aliphatic heterocycles. The number of nitrogens with zero attached hydrogens (tertiary/aromatic N) is 3. The molecular weight excluding hydrogens is 465 g/mol. The van der Waals surface area contributed by atoms with Gasteiger partial charge in [0, 0.05) is 49.5 Å². The van der Waals surface area contributed by atoms with Gasteiger partial charge in [-0.1, -0.05) is 18.6 Å². The third kappa shape index (κ3) is 8.21. The third-order valence-corrected chi connectivity index (χ3v) is 7.77. The highest BCUT2D eigenvalue weighted by molar-refractivity contribution is 5.85. The molecule has 6 rings (SSSR count). The molecule has 37 heavy (non-hydrogen) atoms. The van der Waals surface area contributed by atoms with Crippen molar-refractivity contribution in [3.8, 4) is 0 Å². The van der Waals surface area contributed by atoms with Crippen LogP contribution in [0, 0.1) is 19.7 Å². The second kappa shape index (κ2) is 13.3. The Kier molecular flexibility index (Phi) is 9.87. The van der Waals surface area contributed by atoms with Crippen molar-refractivity contribution in [2.24, 2.45) is 0 Å². The summed E-state index contributed by atoms with van der Waals surface area (Å²) in [5, 5.41) is 0. The SMILES string of the molecule is C1CCN(C2CC2)CC1.Cc1ccc(C=O)c(F)c1.Cc1ccc(C=O)c(N2CCN(C3CC3)CC2)c1. The first-order valence-corrected chi connectivity index (χ1v) is 14.0. The number of rotatable bonds is 5.